The number of hydrogen-bond acceptors (Lipinski definition) is 3. The van der Waals surface area contributed by atoms with Gasteiger partial charge in [-0.1, -0.05) is 17.7 Å². The van der Waals surface area contributed by atoms with E-state index in [0.29, 0.717) is 5.69 Å². The average molecular weight is 294 g/mol. The van der Waals surface area contributed by atoms with E-state index in [9.17, 15) is 14.4 Å². The van der Waals surface area contributed by atoms with Gasteiger partial charge in [0.1, 0.15) is 6.04 Å². The standard InChI is InChI=1S/C14H18N2O5/c1-9-3-5-10(6-4-9)16(2)14(21)15-11(13(19)20)7-8-12(17)18/h3-6,11H,7-8H2,1-2H3,(H,15,21)(H,17,18)(H,19,20)/t11-/m0/s1. The molecule has 0 fully saturated rings. The molecule has 1 atom stereocenters. The molecule has 0 saturated heterocycles. The molecule has 1 aromatic carbocycles. The largest absolute Gasteiger partial charge is 0.481 e. The Balaban J connectivity index is 2.70. The Morgan fingerprint density at radius 2 is 1.76 bits per heavy atom. The van der Waals surface area contributed by atoms with Crippen molar-refractivity contribution in [3.8, 4) is 0 Å². The summed E-state index contributed by atoms with van der Waals surface area (Å²) in [6, 6.07) is 5.30. The summed E-state index contributed by atoms with van der Waals surface area (Å²) in [6.45, 7) is 1.91. The van der Waals surface area contributed by atoms with Gasteiger partial charge in [-0.2, -0.15) is 0 Å². The predicted molar refractivity (Wildman–Crippen MR) is 76.4 cm³/mol. The molecule has 7 nitrogen and oxygen atoms in total. The van der Waals surface area contributed by atoms with Gasteiger partial charge in [-0.15, -0.1) is 0 Å². The second kappa shape index (κ2) is 7.28. The average Bonchev–Trinajstić information content (AvgIpc) is 2.42. The van der Waals surface area contributed by atoms with E-state index in [-0.39, 0.29) is 12.8 Å². The van der Waals surface area contributed by atoms with Crippen molar-refractivity contribution in [1.29, 1.82) is 0 Å². The number of benzene rings is 1. The van der Waals surface area contributed by atoms with Crippen molar-refractivity contribution < 1.29 is 24.6 Å². The number of nitrogens with zero attached hydrogens (tertiary/aromatic N) is 1. The van der Waals surface area contributed by atoms with Gasteiger partial charge in [0.2, 0.25) is 0 Å². The van der Waals surface area contributed by atoms with E-state index in [2.05, 4.69) is 5.32 Å². The molecule has 0 saturated carbocycles. The summed E-state index contributed by atoms with van der Waals surface area (Å²) in [7, 11) is 1.51. The topological polar surface area (TPSA) is 107 Å². The molecule has 21 heavy (non-hydrogen) atoms. The van der Waals surface area contributed by atoms with E-state index in [4.69, 9.17) is 10.2 Å². The van der Waals surface area contributed by atoms with E-state index in [1.807, 2.05) is 19.1 Å². The molecule has 0 aliphatic heterocycles. The molecule has 0 heterocycles. The maximum Gasteiger partial charge on any atom is 0.326 e. The van der Waals surface area contributed by atoms with Crippen LogP contribution in [0.2, 0.25) is 0 Å². The lowest BCUT2D eigenvalue weighted by molar-refractivity contribution is -0.140. The smallest absolute Gasteiger partial charge is 0.326 e. The molecule has 0 bridgehead atoms. The summed E-state index contributed by atoms with van der Waals surface area (Å²) in [5.74, 6) is -2.37. The molecular formula is C14H18N2O5. The van der Waals surface area contributed by atoms with Crippen LogP contribution in [0.5, 0.6) is 0 Å². The van der Waals surface area contributed by atoms with Crippen molar-refractivity contribution in [2.45, 2.75) is 25.8 Å². The highest BCUT2D eigenvalue weighted by Gasteiger charge is 2.23. The Morgan fingerprint density at radius 3 is 2.24 bits per heavy atom. The molecule has 0 radical (unpaired) electrons. The second-order valence-electron chi connectivity index (χ2n) is 4.67. The first-order valence-electron chi connectivity index (χ1n) is 6.36. The van der Waals surface area contributed by atoms with Crippen molar-refractivity contribution in [2.75, 3.05) is 11.9 Å². The zero-order chi connectivity index (χ0) is 16.0. The van der Waals surface area contributed by atoms with Gasteiger partial charge in [0.25, 0.3) is 0 Å². The minimum atomic E-state index is -1.26. The van der Waals surface area contributed by atoms with E-state index < -0.39 is 24.0 Å². The van der Waals surface area contributed by atoms with Crippen LogP contribution in [0.4, 0.5) is 10.5 Å². The molecule has 0 aromatic heterocycles. The highest BCUT2D eigenvalue weighted by atomic mass is 16.4. The Hall–Kier alpha value is -2.57. The fraction of sp³-hybridized carbons (Fsp3) is 0.357. The van der Waals surface area contributed by atoms with E-state index >= 15 is 0 Å². The van der Waals surface area contributed by atoms with Crippen LogP contribution in [0.1, 0.15) is 18.4 Å². The van der Waals surface area contributed by atoms with Crippen LogP contribution in [0.3, 0.4) is 0 Å². The van der Waals surface area contributed by atoms with E-state index in [0.717, 1.165) is 5.56 Å². The SMILES string of the molecule is Cc1ccc(N(C)C(=O)N[C@@H](CCC(=O)O)C(=O)O)cc1. The molecule has 0 spiro atoms. The Labute approximate surface area is 122 Å². The van der Waals surface area contributed by atoms with Crippen molar-refractivity contribution >= 4 is 23.7 Å². The number of aliphatic carboxylic acids is 2. The predicted octanol–water partition coefficient (Wildman–Crippen LogP) is 1.46. The molecule has 0 aliphatic rings. The molecule has 0 unspecified atom stereocenters. The molecule has 114 valence electrons. The van der Waals surface area contributed by atoms with Gasteiger partial charge < -0.3 is 15.5 Å². The van der Waals surface area contributed by atoms with Crippen LogP contribution >= 0.6 is 0 Å². The second-order valence-corrected chi connectivity index (χ2v) is 4.67. The summed E-state index contributed by atoms with van der Waals surface area (Å²) in [4.78, 5) is 34.8. The van der Waals surface area contributed by atoms with Gasteiger partial charge in [0, 0.05) is 19.2 Å². The lowest BCUT2D eigenvalue weighted by Gasteiger charge is -2.21. The van der Waals surface area contributed by atoms with Crippen LogP contribution in [-0.2, 0) is 9.59 Å². The lowest BCUT2D eigenvalue weighted by atomic mass is 10.1. The monoisotopic (exact) mass is 294 g/mol. The number of carboxylic acids is 2. The first-order chi connectivity index (χ1) is 9.81. The number of carbonyl (C=O) groups excluding carboxylic acids is 1. The van der Waals surface area contributed by atoms with Gasteiger partial charge in [-0.05, 0) is 25.5 Å². The molecule has 0 aliphatic carbocycles. The van der Waals surface area contributed by atoms with Gasteiger partial charge >= 0.3 is 18.0 Å². The van der Waals surface area contributed by atoms with E-state index in [1.165, 1.54) is 11.9 Å². The number of anilines is 1. The molecule has 2 amide bonds. The Morgan fingerprint density at radius 1 is 1.19 bits per heavy atom. The molecule has 1 rings (SSSR count). The zero-order valence-electron chi connectivity index (χ0n) is 11.9. The minimum Gasteiger partial charge on any atom is -0.481 e. The number of nitrogens with one attached hydrogen (secondary N) is 1. The van der Waals surface area contributed by atoms with Crippen LogP contribution in [0.25, 0.3) is 0 Å². The number of aryl methyl sites for hydroxylation is 1. The van der Waals surface area contributed by atoms with Crippen molar-refractivity contribution in [1.82, 2.24) is 5.32 Å². The lowest BCUT2D eigenvalue weighted by Crippen LogP contribution is -2.47. The third-order valence-electron chi connectivity index (χ3n) is 2.97. The summed E-state index contributed by atoms with van der Waals surface area (Å²) in [6.07, 6.45) is -0.496. The summed E-state index contributed by atoms with van der Waals surface area (Å²) >= 11 is 0. The van der Waals surface area contributed by atoms with Gasteiger partial charge in [0.05, 0.1) is 0 Å². The molecular weight excluding hydrogens is 276 g/mol. The highest BCUT2D eigenvalue weighted by molar-refractivity contribution is 5.94. The number of carboxylic acid groups (broad SMARTS) is 2. The number of amides is 2. The zero-order valence-corrected chi connectivity index (χ0v) is 11.9. The van der Waals surface area contributed by atoms with Crippen LogP contribution in [0.15, 0.2) is 24.3 Å². The summed E-state index contributed by atoms with van der Waals surface area (Å²) < 4.78 is 0. The Kier molecular flexibility index (Phi) is 5.71. The van der Waals surface area contributed by atoms with Crippen molar-refractivity contribution in [2.24, 2.45) is 0 Å². The number of hydrogen-bond donors (Lipinski definition) is 3. The Bertz CT molecular complexity index is 527. The normalized spacial score (nSPS) is 11.5. The first kappa shape index (κ1) is 16.5. The maximum absolute atomic E-state index is 12.0. The summed E-state index contributed by atoms with van der Waals surface area (Å²) in [5, 5.41) is 19.9. The van der Waals surface area contributed by atoms with Crippen LogP contribution < -0.4 is 10.2 Å². The number of carbonyl (C=O) groups is 3. The quantitative estimate of drug-likeness (QED) is 0.736. The fourth-order valence-electron chi connectivity index (χ4n) is 1.66. The van der Waals surface area contributed by atoms with Gasteiger partial charge in [-0.3, -0.25) is 9.69 Å². The first-order valence-corrected chi connectivity index (χ1v) is 6.36. The van der Waals surface area contributed by atoms with Crippen LogP contribution in [0, 0.1) is 6.92 Å². The summed E-state index contributed by atoms with van der Waals surface area (Å²) in [5.41, 5.74) is 1.65. The maximum atomic E-state index is 12.0. The molecule has 7 heteroatoms. The van der Waals surface area contributed by atoms with E-state index in [1.54, 1.807) is 12.1 Å². The fourth-order valence-corrected chi connectivity index (χ4v) is 1.66. The highest BCUT2D eigenvalue weighted by Crippen LogP contribution is 2.13. The third-order valence-corrected chi connectivity index (χ3v) is 2.97. The van der Waals surface area contributed by atoms with Crippen molar-refractivity contribution in [3.05, 3.63) is 29.8 Å². The van der Waals surface area contributed by atoms with Crippen LogP contribution in [-0.4, -0.2) is 41.3 Å². The number of urea groups is 1. The minimum absolute atomic E-state index is 0.169. The van der Waals surface area contributed by atoms with Gasteiger partial charge in [0.15, 0.2) is 0 Å². The number of rotatable bonds is 6. The third kappa shape index (κ3) is 5.13. The molecule has 3 N–H and O–H groups in total. The molecule has 1 aromatic rings. The van der Waals surface area contributed by atoms with Crippen molar-refractivity contribution in [3.63, 3.8) is 0 Å². The van der Waals surface area contributed by atoms with Gasteiger partial charge in [-0.25, -0.2) is 9.59 Å².